The molecule has 3 N–H and O–H groups in total. The summed E-state index contributed by atoms with van der Waals surface area (Å²) >= 11 is 1.67. The third kappa shape index (κ3) is 3.51. The Kier molecular flexibility index (Phi) is 4.46. The third-order valence-electron chi connectivity index (χ3n) is 2.49. The van der Waals surface area contributed by atoms with Crippen LogP contribution in [0.4, 0.5) is 5.69 Å². The van der Waals surface area contributed by atoms with Crippen molar-refractivity contribution in [2.75, 3.05) is 24.3 Å². The summed E-state index contributed by atoms with van der Waals surface area (Å²) in [5.74, 6) is 1.06. The zero-order valence-corrected chi connectivity index (χ0v) is 11.4. The van der Waals surface area contributed by atoms with Crippen LogP contribution in [0.2, 0.25) is 0 Å². The predicted molar refractivity (Wildman–Crippen MR) is 77.1 cm³/mol. The highest BCUT2D eigenvalue weighted by atomic mass is 32.2. The molecule has 0 unspecified atom stereocenters. The number of oxazole rings is 1. The Labute approximate surface area is 115 Å². The van der Waals surface area contributed by atoms with Gasteiger partial charge in [-0.3, -0.25) is 4.79 Å². The summed E-state index contributed by atoms with van der Waals surface area (Å²) in [6.07, 6.45) is 3.35. The second kappa shape index (κ2) is 6.29. The zero-order chi connectivity index (χ0) is 13.7. The number of carbonyl (C=O) groups is 1. The lowest BCUT2D eigenvalue weighted by Gasteiger charge is -1.99. The van der Waals surface area contributed by atoms with E-state index in [2.05, 4.69) is 10.3 Å². The van der Waals surface area contributed by atoms with Crippen LogP contribution in [0.15, 0.2) is 34.9 Å². The minimum atomic E-state index is -0.223. The molecule has 0 saturated carbocycles. The van der Waals surface area contributed by atoms with E-state index in [1.807, 2.05) is 6.26 Å². The highest BCUT2D eigenvalue weighted by Crippen LogP contribution is 2.19. The average molecular weight is 277 g/mol. The Hall–Kier alpha value is -1.95. The molecule has 0 atom stereocenters. The maximum Gasteiger partial charge on any atom is 0.273 e. The van der Waals surface area contributed by atoms with Crippen LogP contribution in [-0.4, -0.2) is 29.4 Å². The van der Waals surface area contributed by atoms with Crippen molar-refractivity contribution in [2.24, 2.45) is 0 Å². The number of nitrogens with one attached hydrogen (secondary N) is 1. The highest BCUT2D eigenvalue weighted by Gasteiger charge is 2.12. The van der Waals surface area contributed by atoms with Crippen molar-refractivity contribution in [1.82, 2.24) is 10.3 Å². The number of aromatic nitrogens is 1. The summed E-state index contributed by atoms with van der Waals surface area (Å²) in [5, 5.41) is 2.77. The van der Waals surface area contributed by atoms with Crippen LogP contribution < -0.4 is 11.1 Å². The van der Waals surface area contributed by atoms with Gasteiger partial charge in [0.25, 0.3) is 5.91 Å². The number of nitrogen functional groups attached to an aromatic ring is 1. The summed E-state index contributed by atoms with van der Waals surface area (Å²) in [7, 11) is 0. The quantitative estimate of drug-likeness (QED) is 0.645. The van der Waals surface area contributed by atoms with E-state index >= 15 is 0 Å². The number of rotatable bonds is 5. The van der Waals surface area contributed by atoms with Gasteiger partial charge >= 0.3 is 0 Å². The predicted octanol–water partition coefficient (Wildman–Crippen LogP) is 2.02. The van der Waals surface area contributed by atoms with Crippen molar-refractivity contribution >= 4 is 23.4 Å². The minimum Gasteiger partial charge on any atom is -0.444 e. The first-order valence-electron chi connectivity index (χ1n) is 5.79. The van der Waals surface area contributed by atoms with Crippen molar-refractivity contribution in [1.29, 1.82) is 0 Å². The molecule has 0 bridgehead atoms. The van der Waals surface area contributed by atoms with Crippen LogP contribution in [0.1, 0.15) is 10.5 Å². The molecule has 19 heavy (non-hydrogen) atoms. The van der Waals surface area contributed by atoms with Gasteiger partial charge in [0.1, 0.15) is 6.26 Å². The molecule has 5 nitrogen and oxygen atoms in total. The SMILES string of the molecule is CSCCNC(=O)c1coc(-c2ccc(N)cc2)n1. The number of carbonyl (C=O) groups excluding carboxylic acids is 1. The Morgan fingerprint density at radius 3 is 2.84 bits per heavy atom. The maximum absolute atomic E-state index is 11.8. The largest absolute Gasteiger partial charge is 0.444 e. The van der Waals surface area contributed by atoms with Crippen LogP contribution >= 0.6 is 11.8 Å². The van der Waals surface area contributed by atoms with Crippen molar-refractivity contribution in [2.45, 2.75) is 0 Å². The summed E-state index contributed by atoms with van der Waals surface area (Å²) in [6.45, 7) is 0.615. The van der Waals surface area contributed by atoms with Crippen LogP contribution in [-0.2, 0) is 0 Å². The third-order valence-corrected chi connectivity index (χ3v) is 3.10. The number of thioether (sulfide) groups is 1. The molecular formula is C13H15N3O2S. The van der Waals surface area contributed by atoms with Crippen molar-refractivity contribution in [3.05, 3.63) is 36.2 Å². The first-order chi connectivity index (χ1) is 9.20. The average Bonchev–Trinajstić information content (AvgIpc) is 2.89. The lowest BCUT2D eigenvalue weighted by atomic mass is 10.2. The number of hydrogen-bond donors (Lipinski definition) is 2. The van der Waals surface area contributed by atoms with Gasteiger partial charge in [-0.25, -0.2) is 4.98 Å². The molecular weight excluding hydrogens is 262 g/mol. The second-order valence-electron chi connectivity index (χ2n) is 3.91. The van der Waals surface area contributed by atoms with Gasteiger partial charge in [0.05, 0.1) is 0 Å². The smallest absolute Gasteiger partial charge is 0.273 e. The van der Waals surface area contributed by atoms with Gasteiger partial charge in [-0.15, -0.1) is 0 Å². The number of anilines is 1. The monoisotopic (exact) mass is 277 g/mol. The van der Waals surface area contributed by atoms with Gasteiger partial charge in [-0.05, 0) is 30.5 Å². The molecule has 0 spiro atoms. The summed E-state index contributed by atoms with van der Waals surface area (Å²) < 4.78 is 5.30. The standard InChI is InChI=1S/C13H15N3O2S/c1-19-7-6-15-12(17)11-8-18-13(16-11)9-2-4-10(14)5-3-9/h2-5,8H,6-7,14H2,1H3,(H,15,17). The first-order valence-corrected chi connectivity index (χ1v) is 7.18. The maximum atomic E-state index is 11.8. The molecule has 0 fully saturated rings. The Morgan fingerprint density at radius 2 is 2.16 bits per heavy atom. The summed E-state index contributed by atoms with van der Waals surface area (Å²) in [4.78, 5) is 15.9. The topological polar surface area (TPSA) is 81.2 Å². The number of hydrogen-bond acceptors (Lipinski definition) is 5. The molecule has 1 aromatic heterocycles. The summed E-state index contributed by atoms with van der Waals surface area (Å²) in [6, 6.07) is 7.13. The van der Waals surface area contributed by atoms with E-state index in [1.165, 1.54) is 6.26 Å². The normalized spacial score (nSPS) is 10.4. The molecule has 1 amide bonds. The van der Waals surface area contributed by atoms with Crippen molar-refractivity contribution in [3.63, 3.8) is 0 Å². The van der Waals surface area contributed by atoms with Gasteiger partial charge in [-0.2, -0.15) is 11.8 Å². The zero-order valence-electron chi connectivity index (χ0n) is 10.6. The second-order valence-corrected chi connectivity index (χ2v) is 4.89. The number of nitrogens with zero attached hydrogens (tertiary/aromatic N) is 1. The Morgan fingerprint density at radius 1 is 1.42 bits per heavy atom. The summed E-state index contributed by atoms with van der Waals surface area (Å²) in [5.41, 5.74) is 7.36. The lowest BCUT2D eigenvalue weighted by molar-refractivity contribution is 0.0951. The first kappa shape index (κ1) is 13.5. The van der Waals surface area contributed by atoms with E-state index in [0.717, 1.165) is 11.3 Å². The molecule has 0 saturated heterocycles. The van der Waals surface area contributed by atoms with Gasteiger partial charge < -0.3 is 15.5 Å². The Bertz CT molecular complexity index is 551. The Balaban J connectivity index is 2.06. The number of amides is 1. The van der Waals surface area contributed by atoms with E-state index in [1.54, 1.807) is 36.0 Å². The fraction of sp³-hybridized carbons (Fsp3) is 0.231. The van der Waals surface area contributed by atoms with Crippen molar-refractivity contribution < 1.29 is 9.21 Å². The molecule has 2 aromatic rings. The molecule has 0 aliphatic rings. The van der Waals surface area contributed by atoms with Crippen LogP contribution in [0, 0.1) is 0 Å². The van der Waals surface area contributed by atoms with E-state index in [0.29, 0.717) is 18.1 Å². The van der Waals surface area contributed by atoms with E-state index in [4.69, 9.17) is 10.2 Å². The molecule has 100 valence electrons. The lowest BCUT2D eigenvalue weighted by Crippen LogP contribution is -2.25. The molecule has 1 aromatic carbocycles. The fourth-order valence-electron chi connectivity index (χ4n) is 1.49. The fourth-order valence-corrected chi connectivity index (χ4v) is 1.80. The van der Waals surface area contributed by atoms with Gasteiger partial charge in [0, 0.05) is 23.5 Å². The van der Waals surface area contributed by atoms with Crippen LogP contribution in [0.25, 0.3) is 11.5 Å². The molecule has 0 radical (unpaired) electrons. The molecule has 0 aliphatic carbocycles. The van der Waals surface area contributed by atoms with Gasteiger partial charge in [0.15, 0.2) is 5.69 Å². The number of benzene rings is 1. The molecule has 6 heteroatoms. The minimum absolute atomic E-state index is 0.223. The van der Waals surface area contributed by atoms with E-state index in [9.17, 15) is 4.79 Å². The van der Waals surface area contributed by atoms with E-state index in [-0.39, 0.29) is 11.6 Å². The molecule has 1 heterocycles. The van der Waals surface area contributed by atoms with Gasteiger partial charge in [0.2, 0.25) is 5.89 Å². The van der Waals surface area contributed by atoms with Crippen LogP contribution in [0.5, 0.6) is 0 Å². The van der Waals surface area contributed by atoms with Crippen LogP contribution in [0.3, 0.4) is 0 Å². The number of nitrogens with two attached hydrogens (primary N) is 1. The molecule has 2 rings (SSSR count). The van der Waals surface area contributed by atoms with Gasteiger partial charge in [-0.1, -0.05) is 0 Å². The molecule has 0 aliphatic heterocycles. The van der Waals surface area contributed by atoms with Crippen molar-refractivity contribution in [3.8, 4) is 11.5 Å². The highest BCUT2D eigenvalue weighted by molar-refractivity contribution is 7.98. The van der Waals surface area contributed by atoms with E-state index < -0.39 is 0 Å².